The van der Waals surface area contributed by atoms with Crippen LogP contribution in [0.2, 0.25) is 0 Å². The third-order valence-corrected chi connectivity index (χ3v) is 2.97. The molecule has 0 aliphatic carbocycles. The van der Waals surface area contributed by atoms with E-state index in [-0.39, 0.29) is 10.6 Å². The molecule has 0 aliphatic heterocycles. The molecule has 8 heteroatoms. The first kappa shape index (κ1) is 13.0. The summed E-state index contributed by atoms with van der Waals surface area (Å²) in [5, 5.41) is 12.7. The Balaban J connectivity index is 2.34. The molecule has 0 saturated heterocycles. The predicted octanol–water partition coefficient (Wildman–Crippen LogP) is 2.68. The summed E-state index contributed by atoms with van der Waals surface area (Å²) in [6.45, 7) is 0. The van der Waals surface area contributed by atoms with Crippen molar-refractivity contribution in [1.82, 2.24) is 4.98 Å². The number of nitriles is 1. The van der Waals surface area contributed by atoms with Crippen LogP contribution < -0.4 is 5.32 Å². The smallest absolute Gasteiger partial charge is 0.259 e. The first-order valence-corrected chi connectivity index (χ1v) is 5.71. The average Bonchev–Trinajstić information content (AvgIpc) is 2.80. The van der Waals surface area contributed by atoms with Crippen molar-refractivity contribution >= 4 is 22.2 Å². The maximum Gasteiger partial charge on any atom is 0.259 e. The molecule has 1 amide bonds. The molecule has 2 rings (SSSR count). The predicted molar refractivity (Wildman–Crippen MR) is 61.1 cm³/mol. The van der Waals surface area contributed by atoms with E-state index >= 15 is 0 Å². The van der Waals surface area contributed by atoms with Gasteiger partial charge in [0.2, 0.25) is 5.95 Å². The lowest BCUT2D eigenvalue weighted by molar-refractivity contribution is 0.102. The summed E-state index contributed by atoms with van der Waals surface area (Å²) in [7, 11) is 0. The number of anilines is 1. The van der Waals surface area contributed by atoms with Gasteiger partial charge in [-0.25, -0.2) is 4.39 Å². The molecule has 0 fully saturated rings. The van der Waals surface area contributed by atoms with E-state index < -0.39 is 29.2 Å². The Morgan fingerprint density at radius 3 is 2.84 bits per heavy atom. The zero-order valence-corrected chi connectivity index (χ0v) is 9.89. The van der Waals surface area contributed by atoms with Crippen LogP contribution in [0.4, 0.5) is 18.2 Å². The van der Waals surface area contributed by atoms with Gasteiger partial charge in [-0.1, -0.05) is 0 Å². The molecule has 0 radical (unpaired) electrons. The lowest BCUT2D eigenvalue weighted by Gasteiger charge is -2.04. The Labute approximate surface area is 109 Å². The van der Waals surface area contributed by atoms with Crippen molar-refractivity contribution in [2.45, 2.75) is 0 Å². The molecule has 96 valence electrons. The SMILES string of the molecule is N#Cc1ccsc1NC(=O)c1cc(F)nc(F)c1F. The maximum atomic E-state index is 13.3. The van der Waals surface area contributed by atoms with Crippen LogP contribution in [0.25, 0.3) is 0 Å². The highest BCUT2D eigenvalue weighted by molar-refractivity contribution is 7.14. The van der Waals surface area contributed by atoms with Crippen LogP contribution in [0.3, 0.4) is 0 Å². The number of nitrogens with zero attached hydrogens (tertiary/aromatic N) is 2. The summed E-state index contributed by atoms with van der Waals surface area (Å²) in [6.07, 6.45) is 0. The lowest BCUT2D eigenvalue weighted by Crippen LogP contribution is -2.15. The number of hydrogen-bond donors (Lipinski definition) is 1. The normalized spacial score (nSPS) is 10.0. The van der Waals surface area contributed by atoms with Gasteiger partial charge in [0.1, 0.15) is 11.1 Å². The van der Waals surface area contributed by atoms with E-state index in [1.54, 1.807) is 0 Å². The summed E-state index contributed by atoms with van der Waals surface area (Å²) in [5.41, 5.74) is -0.643. The fraction of sp³-hybridized carbons (Fsp3) is 0. The number of rotatable bonds is 2. The van der Waals surface area contributed by atoms with E-state index in [4.69, 9.17) is 5.26 Å². The largest absolute Gasteiger partial charge is 0.312 e. The Bertz CT molecular complexity index is 693. The van der Waals surface area contributed by atoms with Gasteiger partial charge in [0.15, 0.2) is 5.82 Å². The molecular formula is C11H4F3N3OS. The van der Waals surface area contributed by atoms with Crippen molar-refractivity contribution in [2.75, 3.05) is 5.32 Å². The minimum Gasteiger partial charge on any atom is -0.312 e. The van der Waals surface area contributed by atoms with Gasteiger partial charge in [-0.05, 0) is 11.4 Å². The zero-order chi connectivity index (χ0) is 14.0. The molecule has 2 aromatic heterocycles. The molecule has 4 nitrogen and oxygen atoms in total. The Morgan fingerprint density at radius 2 is 2.16 bits per heavy atom. The number of halogens is 3. The fourth-order valence-electron chi connectivity index (χ4n) is 1.30. The number of amides is 1. The summed E-state index contributed by atoms with van der Waals surface area (Å²) < 4.78 is 39.0. The topological polar surface area (TPSA) is 65.8 Å². The number of carbonyl (C=O) groups excluding carboxylic acids is 1. The van der Waals surface area contributed by atoms with Crippen molar-refractivity contribution in [3.05, 3.63) is 46.4 Å². The number of pyridine rings is 1. The third kappa shape index (κ3) is 2.56. The number of carbonyl (C=O) groups is 1. The summed E-state index contributed by atoms with van der Waals surface area (Å²) in [6, 6.07) is 3.74. The molecule has 0 saturated carbocycles. The van der Waals surface area contributed by atoms with Gasteiger partial charge < -0.3 is 5.32 Å². The third-order valence-electron chi connectivity index (χ3n) is 2.14. The molecule has 1 N–H and O–H groups in total. The first-order chi connectivity index (χ1) is 9.02. The lowest BCUT2D eigenvalue weighted by atomic mass is 10.2. The van der Waals surface area contributed by atoms with Gasteiger partial charge >= 0.3 is 0 Å². The van der Waals surface area contributed by atoms with E-state index in [0.717, 1.165) is 11.3 Å². The second kappa shape index (κ2) is 5.07. The highest BCUT2D eigenvalue weighted by Crippen LogP contribution is 2.23. The van der Waals surface area contributed by atoms with Crippen molar-refractivity contribution in [1.29, 1.82) is 5.26 Å². The average molecular weight is 283 g/mol. The highest BCUT2D eigenvalue weighted by atomic mass is 32.1. The first-order valence-electron chi connectivity index (χ1n) is 4.83. The van der Waals surface area contributed by atoms with Gasteiger partial charge in [-0.3, -0.25) is 4.79 Å². The van der Waals surface area contributed by atoms with Crippen LogP contribution in [0.1, 0.15) is 15.9 Å². The number of nitrogens with one attached hydrogen (secondary N) is 1. The fourth-order valence-corrected chi connectivity index (χ4v) is 2.03. The molecule has 0 aromatic carbocycles. The van der Waals surface area contributed by atoms with E-state index in [9.17, 15) is 18.0 Å². The van der Waals surface area contributed by atoms with Gasteiger partial charge in [0.05, 0.1) is 11.1 Å². The van der Waals surface area contributed by atoms with Gasteiger partial charge in [-0.15, -0.1) is 11.3 Å². The molecule has 0 unspecified atom stereocenters. The standard InChI is InChI=1S/C11H4F3N3OS/c12-7-3-6(8(13)9(14)16-7)10(18)17-11-5(4-15)1-2-19-11/h1-3H,(H,17,18). The highest BCUT2D eigenvalue weighted by Gasteiger charge is 2.20. The molecule has 0 spiro atoms. The molecule has 0 bridgehead atoms. The van der Waals surface area contributed by atoms with Gasteiger partial charge in [-0.2, -0.15) is 19.0 Å². The van der Waals surface area contributed by atoms with Gasteiger partial charge in [0.25, 0.3) is 11.9 Å². The number of hydrogen-bond acceptors (Lipinski definition) is 4. The van der Waals surface area contributed by atoms with Crippen molar-refractivity contribution in [2.24, 2.45) is 0 Å². The van der Waals surface area contributed by atoms with Crippen LogP contribution in [-0.4, -0.2) is 10.9 Å². The van der Waals surface area contributed by atoms with Crippen LogP contribution in [0.5, 0.6) is 0 Å². The summed E-state index contributed by atoms with van der Waals surface area (Å²) >= 11 is 1.03. The minimum absolute atomic E-state index is 0.171. The molecule has 2 heterocycles. The van der Waals surface area contributed by atoms with Crippen LogP contribution in [-0.2, 0) is 0 Å². The molecule has 0 aliphatic rings. The Morgan fingerprint density at radius 1 is 1.42 bits per heavy atom. The maximum absolute atomic E-state index is 13.3. The van der Waals surface area contributed by atoms with E-state index in [0.29, 0.717) is 6.07 Å². The van der Waals surface area contributed by atoms with Crippen molar-refractivity contribution in [3.8, 4) is 6.07 Å². The van der Waals surface area contributed by atoms with E-state index in [2.05, 4.69) is 10.3 Å². The number of thiophene rings is 1. The second-order valence-electron chi connectivity index (χ2n) is 3.33. The molecule has 2 aromatic rings. The number of aromatic nitrogens is 1. The molecule has 0 atom stereocenters. The van der Waals surface area contributed by atoms with Crippen LogP contribution in [0, 0.1) is 29.0 Å². The Kier molecular flexibility index (Phi) is 3.48. The zero-order valence-electron chi connectivity index (χ0n) is 9.08. The van der Waals surface area contributed by atoms with Gasteiger partial charge in [0, 0.05) is 6.07 Å². The van der Waals surface area contributed by atoms with E-state index in [1.807, 2.05) is 6.07 Å². The quantitative estimate of drug-likeness (QED) is 0.862. The minimum atomic E-state index is -1.70. The van der Waals surface area contributed by atoms with Crippen molar-refractivity contribution < 1.29 is 18.0 Å². The van der Waals surface area contributed by atoms with Crippen LogP contribution >= 0.6 is 11.3 Å². The van der Waals surface area contributed by atoms with Crippen LogP contribution in [0.15, 0.2) is 17.5 Å². The van der Waals surface area contributed by atoms with Crippen molar-refractivity contribution in [3.63, 3.8) is 0 Å². The summed E-state index contributed by atoms with van der Waals surface area (Å²) in [4.78, 5) is 14.3. The van der Waals surface area contributed by atoms with E-state index in [1.165, 1.54) is 11.4 Å². The Hall–Kier alpha value is -2.40. The molecular weight excluding hydrogens is 279 g/mol. The monoisotopic (exact) mass is 283 g/mol. The molecule has 19 heavy (non-hydrogen) atoms. The second-order valence-corrected chi connectivity index (χ2v) is 4.24. The summed E-state index contributed by atoms with van der Waals surface area (Å²) in [5.74, 6) is -5.61.